The first-order valence-corrected chi connectivity index (χ1v) is 8.36. The molecule has 1 unspecified atom stereocenters. The molecule has 3 heterocycles. The first-order chi connectivity index (χ1) is 12.6. The number of nitrogens with one attached hydrogen (secondary N) is 2. The van der Waals surface area contributed by atoms with E-state index in [-0.39, 0.29) is 5.91 Å². The second-order valence-corrected chi connectivity index (χ2v) is 6.25. The number of nitrogens with zero attached hydrogens (tertiary/aromatic N) is 4. The molecule has 1 aliphatic rings. The number of aromatic nitrogens is 4. The lowest BCUT2D eigenvalue weighted by atomic mass is 9.95. The van der Waals surface area contributed by atoms with Gasteiger partial charge in [-0.3, -0.25) is 4.79 Å². The van der Waals surface area contributed by atoms with Crippen LogP contribution in [0, 0.1) is 0 Å². The van der Waals surface area contributed by atoms with Crippen LogP contribution in [0.5, 0.6) is 0 Å². The Hall–Kier alpha value is -3.19. The van der Waals surface area contributed by atoms with Crippen LogP contribution in [0.25, 0.3) is 0 Å². The van der Waals surface area contributed by atoms with Crippen molar-refractivity contribution in [3.8, 4) is 0 Å². The van der Waals surface area contributed by atoms with Gasteiger partial charge < -0.3 is 10.6 Å². The van der Waals surface area contributed by atoms with Crippen molar-refractivity contribution in [2.75, 3.05) is 10.6 Å². The molecule has 0 radical (unpaired) electrons. The number of carbonyl (C=O) groups excluding carboxylic acids is 1. The maximum absolute atomic E-state index is 13.0. The molecule has 0 spiro atoms. The molecule has 1 aromatic carbocycles. The van der Waals surface area contributed by atoms with Gasteiger partial charge in [-0.25, -0.2) is 9.67 Å². The minimum absolute atomic E-state index is 0.255. The maximum Gasteiger partial charge on any atom is 0.257 e. The number of allylic oxidation sites excluding steroid dienone is 1. The van der Waals surface area contributed by atoms with Gasteiger partial charge in [-0.1, -0.05) is 29.8 Å². The van der Waals surface area contributed by atoms with Crippen LogP contribution in [-0.4, -0.2) is 25.7 Å². The Kier molecular flexibility index (Phi) is 4.14. The molecule has 7 nitrogen and oxygen atoms in total. The molecule has 2 N–H and O–H groups in total. The standard InChI is InChI=1S/C18H15ClN6O/c1-11-15(17(26)24-14-4-2-3-9-20-14)16(12-5-7-13(19)8-6-12)25-18(23-11)21-10-22-25/h2-10,16H,1H3,(H,20,24,26)(H,21,22,23). The number of pyridine rings is 1. The average molecular weight is 367 g/mol. The smallest absolute Gasteiger partial charge is 0.257 e. The number of amides is 1. The van der Waals surface area contributed by atoms with Crippen LogP contribution in [0.2, 0.25) is 5.02 Å². The Morgan fingerprint density at radius 1 is 1.19 bits per heavy atom. The van der Waals surface area contributed by atoms with E-state index < -0.39 is 6.04 Å². The lowest BCUT2D eigenvalue weighted by Crippen LogP contribution is -2.31. The Morgan fingerprint density at radius 3 is 2.73 bits per heavy atom. The summed E-state index contributed by atoms with van der Waals surface area (Å²) in [7, 11) is 0. The van der Waals surface area contributed by atoms with E-state index in [2.05, 4.69) is 25.7 Å². The van der Waals surface area contributed by atoms with E-state index in [1.54, 1.807) is 35.1 Å². The van der Waals surface area contributed by atoms with E-state index in [4.69, 9.17) is 11.6 Å². The summed E-state index contributed by atoms with van der Waals surface area (Å²) < 4.78 is 1.68. The SMILES string of the molecule is CC1=C(C(=O)Nc2ccccn2)C(c2ccc(Cl)cc2)n2ncnc2N1. The van der Waals surface area contributed by atoms with Crippen LogP contribution in [0.4, 0.5) is 11.8 Å². The Bertz CT molecular complexity index is 980. The summed E-state index contributed by atoms with van der Waals surface area (Å²) in [6.07, 6.45) is 3.08. The summed E-state index contributed by atoms with van der Waals surface area (Å²) in [6.45, 7) is 1.84. The number of fused-ring (bicyclic) bond motifs is 1. The average Bonchev–Trinajstić information content (AvgIpc) is 3.10. The number of anilines is 2. The molecular weight excluding hydrogens is 352 g/mol. The van der Waals surface area contributed by atoms with Crippen molar-refractivity contribution < 1.29 is 4.79 Å². The van der Waals surface area contributed by atoms with Crippen molar-refractivity contribution in [1.29, 1.82) is 0 Å². The largest absolute Gasteiger partial charge is 0.328 e. The molecule has 0 aliphatic carbocycles. The molecule has 3 aromatic rings. The lowest BCUT2D eigenvalue weighted by molar-refractivity contribution is -0.113. The summed E-state index contributed by atoms with van der Waals surface area (Å²) in [5.74, 6) is 0.809. The number of hydrogen-bond donors (Lipinski definition) is 2. The van der Waals surface area contributed by atoms with Crippen LogP contribution >= 0.6 is 11.6 Å². The highest BCUT2D eigenvalue weighted by Crippen LogP contribution is 2.35. The normalized spacial score (nSPS) is 16.0. The van der Waals surface area contributed by atoms with E-state index in [1.807, 2.05) is 25.1 Å². The van der Waals surface area contributed by atoms with Crippen molar-refractivity contribution in [3.05, 3.63) is 76.8 Å². The second kappa shape index (κ2) is 6.61. The summed E-state index contributed by atoms with van der Waals surface area (Å²) in [5.41, 5.74) is 2.13. The molecule has 0 saturated carbocycles. The molecule has 1 aliphatic heterocycles. The minimum Gasteiger partial charge on any atom is -0.328 e. The van der Waals surface area contributed by atoms with Crippen molar-refractivity contribution in [2.45, 2.75) is 13.0 Å². The Balaban J connectivity index is 1.77. The van der Waals surface area contributed by atoms with Gasteiger partial charge in [-0.05, 0) is 36.8 Å². The zero-order valence-electron chi connectivity index (χ0n) is 13.8. The lowest BCUT2D eigenvalue weighted by Gasteiger charge is -2.28. The Labute approximate surface area is 154 Å². The fraction of sp³-hybridized carbons (Fsp3) is 0.111. The molecule has 0 saturated heterocycles. The summed E-state index contributed by atoms with van der Waals surface area (Å²) in [6, 6.07) is 12.3. The highest BCUT2D eigenvalue weighted by molar-refractivity contribution is 6.30. The van der Waals surface area contributed by atoms with Gasteiger partial charge in [0.15, 0.2) is 0 Å². The van der Waals surface area contributed by atoms with Gasteiger partial charge in [-0.15, -0.1) is 0 Å². The third-order valence-electron chi connectivity index (χ3n) is 4.13. The fourth-order valence-corrected chi connectivity index (χ4v) is 3.08. The van der Waals surface area contributed by atoms with Crippen molar-refractivity contribution >= 4 is 29.3 Å². The number of rotatable bonds is 3. The molecule has 8 heteroatoms. The third-order valence-corrected chi connectivity index (χ3v) is 4.38. The van der Waals surface area contributed by atoms with E-state index in [0.717, 1.165) is 5.56 Å². The van der Waals surface area contributed by atoms with Crippen molar-refractivity contribution in [2.24, 2.45) is 0 Å². The van der Waals surface area contributed by atoms with Gasteiger partial charge in [-0.2, -0.15) is 10.1 Å². The van der Waals surface area contributed by atoms with Gasteiger partial charge in [0.05, 0.1) is 5.57 Å². The zero-order chi connectivity index (χ0) is 18.1. The van der Waals surface area contributed by atoms with Crippen LogP contribution < -0.4 is 10.6 Å². The number of hydrogen-bond acceptors (Lipinski definition) is 5. The summed E-state index contributed by atoms with van der Waals surface area (Å²) in [5, 5.41) is 10.9. The van der Waals surface area contributed by atoms with Gasteiger partial charge in [0.1, 0.15) is 18.2 Å². The second-order valence-electron chi connectivity index (χ2n) is 5.82. The van der Waals surface area contributed by atoms with Crippen LogP contribution in [0.1, 0.15) is 18.5 Å². The zero-order valence-corrected chi connectivity index (χ0v) is 14.6. The molecular formula is C18H15ClN6O. The van der Waals surface area contributed by atoms with Crippen LogP contribution in [0.3, 0.4) is 0 Å². The molecule has 0 fully saturated rings. The number of carbonyl (C=O) groups is 1. The topological polar surface area (TPSA) is 84.7 Å². The van der Waals surface area contributed by atoms with E-state index >= 15 is 0 Å². The van der Waals surface area contributed by atoms with Crippen molar-refractivity contribution in [1.82, 2.24) is 19.7 Å². The van der Waals surface area contributed by atoms with Crippen LogP contribution in [0.15, 0.2) is 66.3 Å². The summed E-state index contributed by atoms with van der Waals surface area (Å²) in [4.78, 5) is 21.4. The quantitative estimate of drug-likeness (QED) is 0.743. The molecule has 4 rings (SSSR count). The molecule has 130 valence electrons. The fourth-order valence-electron chi connectivity index (χ4n) is 2.96. The molecule has 26 heavy (non-hydrogen) atoms. The first-order valence-electron chi connectivity index (χ1n) is 7.98. The summed E-state index contributed by atoms with van der Waals surface area (Å²) >= 11 is 6.02. The highest BCUT2D eigenvalue weighted by atomic mass is 35.5. The highest BCUT2D eigenvalue weighted by Gasteiger charge is 2.33. The maximum atomic E-state index is 13.0. The van der Waals surface area contributed by atoms with Crippen LogP contribution in [-0.2, 0) is 4.79 Å². The van der Waals surface area contributed by atoms with E-state index in [0.29, 0.717) is 28.1 Å². The van der Waals surface area contributed by atoms with Gasteiger partial charge in [0.25, 0.3) is 5.91 Å². The predicted octanol–water partition coefficient (Wildman–Crippen LogP) is 3.25. The van der Waals surface area contributed by atoms with E-state index in [9.17, 15) is 4.79 Å². The molecule has 1 amide bonds. The number of benzene rings is 1. The first kappa shape index (κ1) is 16.3. The Morgan fingerprint density at radius 2 is 2.00 bits per heavy atom. The van der Waals surface area contributed by atoms with E-state index in [1.165, 1.54) is 6.33 Å². The number of halogens is 1. The third kappa shape index (κ3) is 2.93. The molecule has 0 bridgehead atoms. The molecule has 2 aromatic heterocycles. The van der Waals surface area contributed by atoms with Gasteiger partial charge >= 0.3 is 0 Å². The minimum atomic E-state index is -0.422. The molecule has 1 atom stereocenters. The van der Waals surface area contributed by atoms with Gasteiger partial charge in [0.2, 0.25) is 5.95 Å². The monoisotopic (exact) mass is 366 g/mol. The van der Waals surface area contributed by atoms with Gasteiger partial charge in [0, 0.05) is 16.9 Å². The van der Waals surface area contributed by atoms with Crippen molar-refractivity contribution in [3.63, 3.8) is 0 Å². The predicted molar refractivity (Wildman–Crippen MR) is 98.8 cm³/mol.